The topological polar surface area (TPSA) is 96.5 Å². The van der Waals surface area contributed by atoms with E-state index in [1.54, 1.807) is 4.90 Å². The molecule has 3 rings (SSSR count). The van der Waals surface area contributed by atoms with Crippen molar-refractivity contribution in [1.82, 2.24) is 15.0 Å². The lowest BCUT2D eigenvalue weighted by atomic mass is 9.89. The number of carboxylic acids is 1. The summed E-state index contributed by atoms with van der Waals surface area (Å²) in [5, 5.41) is 13.6. The zero-order valence-electron chi connectivity index (χ0n) is 16.6. The van der Waals surface area contributed by atoms with Gasteiger partial charge in [0.2, 0.25) is 11.8 Å². The first-order valence-electron chi connectivity index (χ1n) is 9.64. The van der Waals surface area contributed by atoms with Crippen molar-refractivity contribution in [3.63, 3.8) is 0 Å². The van der Waals surface area contributed by atoms with Crippen LogP contribution >= 0.6 is 0 Å². The number of hydrogen-bond donors (Lipinski definition) is 1. The van der Waals surface area contributed by atoms with Crippen LogP contribution in [0.1, 0.15) is 56.8 Å². The molecule has 1 amide bonds. The third kappa shape index (κ3) is 4.58. The maximum atomic E-state index is 12.6. The first-order valence-corrected chi connectivity index (χ1v) is 9.64. The van der Waals surface area contributed by atoms with E-state index in [2.05, 4.69) is 10.1 Å². The van der Waals surface area contributed by atoms with Gasteiger partial charge in [-0.1, -0.05) is 56.3 Å². The minimum atomic E-state index is -0.857. The molecule has 0 bridgehead atoms. The van der Waals surface area contributed by atoms with Gasteiger partial charge in [-0.25, -0.2) is 0 Å². The molecule has 0 aliphatic carbocycles. The van der Waals surface area contributed by atoms with Gasteiger partial charge in [-0.05, 0) is 12.0 Å². The molecule has 1 aliphatic heterocycles. The Labute approximate surface area is 164 Å². The van der Waals surface area contributed by atoms with Crippen molar-refractivity contribution >= 4 is 11.9 Å². The van der Waals surface area contributed by atoms with E-state index in [1.165, 1.54) is 0 Å². The standard InChI is InChI=1S/C21H27N3O4/c1-21(2,3)20-22-17(28-23-20)10-7-11-18(25)24-12-15(16(13-24)19(26)27)14-8-5-4-6-9-14/h4-6,8-9,15-16H,7,10-13H2,1-3H3,(H,26,27)/t15-,16-/m0/s1. The van der Waals surface area contributed by atoms with E-state index in [4.69, 9.17) is 4.52 Å². The fourth-order valence-electron chi connectivity index (χ4n) is 3.51. The molecule has 2 atom stereocenters. The van der Waals surface area contributed by atoms with E-state index >= 15 is 0 Å². The third-order valence-corrected chi connectivity index (χ3v) is 5.14. The summed E-state index contributed by atoms with van der Waals surface area (Å²) < 4.78 is 5.26. The largest absolute Gasteiger partial charge is 0.481 e. The van der Waals surface area contributed by atoms with Gasteiger partial charge in [-0.2, -0.15) is 4.98 Å². The number of amides is 1. The van der Waals surface area contributed by atoms with Crippen molar-refractivity contribution in [2.45, 2.75) is 51.4 Å². The summed E-state index contributed by atoms with van der Waals surface area (Å²) >= 11 is 0. The highest BCUT2D eigenvalue weighted by molar-refractivity contribution is 5.79. The van der Waals surface area contributed by atoms with Crippen LogP contribution in [0, 0.1) is 5.92 Å². The predicted molar refractivity (Wildman–Crippen MR) is 103 cm³/mol. The summed E-state index contributed by atoms with van der Waals surface area (Å²) in [6.07, 6.45) is 1.46. The summed E-state index contributed by atoms with van der Waals surface area (Å²) in [7, 11) is 0. The van der Waals surface area contributed by atoms with Gasteiger partial charge < -0.3 is 14.5 Å². The molecular weight excluding hydrogens is 358 g/mol. The van der Waals surface area contributed by atoms with Crippen molar-refractivity contribution in [2.75, 3.05) is 13.1 Å². The number of benzene rings is 1. The molecule has 0 spiro atoms. The van der Waals surface area contributed by atoms with Gasteiger partial charge in [-0.3, -0.25) is 9.59 Å². The highest BCUT2D eigenvalue weighted by atomic mass is 16.5. The highest BCUT2D eigenvalue weighted by Gasteiger charge is 2.40. The quantitative estimate of drug-likeness (QED) is 0.821. The summed E-state index contributed by atoms with van der Waals surface area (Å²) in [5.74, 6) is -0.442. The zero-order valence-corrected chi connectivity index (χ0v) is 16.6. The number of carbonyl (C=O) groups is 2. The second-order valence-corrected chi connectivity index (χ2v) is 8.38. The number of aliphatic carboxylic acids is 1. The van der Waals surface area contributed by atoms with Crippen LogP contribution in [-0.2, 0) is 21.4 Å². The number of rotatable bonds is 6. The first kappa shape index (κ1) is 20.0. The summed E-state index contributed by atoms with van der Waals surface area (Å²) in [6, 6.07) is 9.55. The second kappa shape index (κ2) is 8.12. The second-order valence-electron chi connectivity index (χ2n) is 8.38. The molecule has 28 heavy (non-hydrogen) atoms. The number of carbonyl (C=O) groups excluding carboxylic acids is 1. The van der Waals surface area contributed by atoms with Crippen LogP contribution in [0.3, 0.4) is 0 Å². The van der Waals surface area contributed by atoms with Crippen molar-refractivity contribution in [3.8, 4) is 0 Å². The van der Waals surface area contributed by atoms with E-state index in [0.29, 0.717) is 37.5 Å². The number of hydrogen-bond acceptors (Lipinski definition) is 5. The SMILES string of the molecule is CC(C)(C)c1noc(CCCC(=O)N2C[C@H](C(=O)O)[C@H](c3ccccc3)C2)n1. The zero-order chi connectivity index (χ0) is 20.3. The van der Waals surface area contributed by atoms with E-state index < -0.39 is 11.9 Å². The normalized spacial score (nSPS) is 19.8. The smallest absolute Gasteiger partial charge is 0.308 e. The Balaban J connectivity index is 1.56. The van der Waals surface area contributed by atoms with Gasteiger partial charge in [-0.15, -0.1) is 0 Å². The molecule has 7 nitrogen and oxygen atoms in total. The predicted octanol–water partition coefficient (Wildman–Crippen LogP) is 3.02. The van der Waals surface area contributed by atoms with Gasteiger partial charge in [0, 0.05) is 37.3 Å². The number of likely N-dealkylation sites (tertiary alicyclic amines) is 1. The molecule has 7 heteroatoms. The molecule has 0 saturated carbocycles. The highest BCUT2D eigenvalue weighted by Crippen LogP contribution is 2.33. The molecule has 150 valence electrons. The molecule has 0 unspecified atom stereocenters. The Bertz CT molecular complexity index is 826. The lowest BCUT2D eigenvalue weighted by Crippen LogP contribution is -2.29. The maximum absolute atomic E-state index is 12.6. The summed E-state index contributed by atoms with van der Waals surface area (Å²) in [5.41, 5.74) is 0.788. The molecule has 1 fully saturated rings. The van der Waals surface area contributed by atoms with Gasteiger partial charge in [0.05, 0.1) is 5.92 Å². The van der Waals surface area contributed by atoms with E-state index in [1.807, 2.05) is 51.1 Å². The molecule has 2 heterocycles. The Morgan fingerprint density at radius 1 is 1.21 bits per heavy atom. The van der Waals surface area contributed by atoms with Crippen molar-refractivity contribution in [1.29, 1.82) is 0 Å². The average molecular weight is 385 g/mol. The molecule has 1 aliphatic rings. The average Bonchev–Trinajstić information content (AvgIpc) is 3.29. The van der Waals surface area contributed by atoms with Crippen LogP contribution in [0.25, 0.3) is 0 Å². The number of nitrogens with zero attached hydrogens (tertiary/aromatic N) is 3. The van der Waals surface area contributed by atoms with Crippen LogP contribution in [0.4, 0.5) is 0 Å². The van der Waals surface area contributed by atoms with E-state index in [9.17, 15) is 14.7 Å². The molecule has 1 aromatic carbocycles. The number of carboxylic acid groups (broad SMARTS) is 1. The molecule has 1 saturated heterocycles. The lowest BCUT2D eigenvalue weighted by Gasteiger charge is -2.16. The van der Waals surface area contributed by atoms with Gasteiger partial charge >= 0.3 is 5.97 Å². The van der Waals surface area contributed by atoms with E-state index in [-0.39, 0.29) is 23.8 Å². The monoisotopic (exact) mass is 385 g/mol. The third-order valence-electron chi connectivity index (χ3n) is 5.14. The van der Waals surface area contributed by atoms with Crippen molar-refractivity contribution in [2.24, 2.45) is 5.92 Å². The Kier molecular flexibility index (Phi) is 5.82. The molecule has 1 aromatic heterocycles. The molecular formula is C21H27N3O4. The molecule has 1 N–H and O–H groups in total. The van der Waals surface area contributed by atoms with Gasteiger partial charge in [0.15, 0.2) is 5.82 Å². The Morgan fingerprint density at radius 3 is 2.54 bits per heavy atom. The van der Waals surface area contributed by atoms with Gasteiger partial charge in [0.25, 0.3) is 0 Å². The van der Waals surface area contributed by atoms with Crippen molar-refractivity contribution in [3.05, 3.63) is 47.6 Å². The molecule has 0 radical (unpaired) electrons. The number of aryl methyl sites for hydroxylation is 1. The van der Waals surface area contributed by atoms with E-state index in [0.717, 1.165) is 5.56 Å². The van der Waals surface area contributed by atoms with Crippen LogP contribution in [0.2, 0.25) is 0 Å². The minimum absolute atomic E-state index is 0.0276. The van der Waals surface area contributed by atoms with Crippen LogP contribution < -0.4 is 0 Å². The Hall–Kier alpha value is -2.70. The first-order chi connectivity index (χ1) is 13.3. The van der Waals surface area contributed by atoms with Crippen LogP contribution in [0.5, 0.6) is 0 Å². The Morgan fingerprint density at radius 2 is 1.93 bits per heavy atom. The molecule has 2 aromatic rings. The van der Waals surface area contributed by atoms with Crippen LogP contribution in [0.15, 0.2) is 34.9 Å². The lowest BCUT2D eigenvalue weighted by molar-refractivity contribution is -0.141. The maximum Gasteiger partial charge on any atom is 0.308 e. The van der Waals surface area contributed by atoms with Gasteiger partial charge in [0.1, 0.15) is 0 Å². The fraction of sp³-hybridized carbons (Fsp3) is 0.524. The minimum Gasteiger partial charge on any atom is -0.481 e. The fourth-order valence-corrected chi connectivity index (χ4v) is 3.51. The summed E-state index contributed by atoms with van der Waals surface area (Å²) in [4.78, 5) is 30.3. The number of aromatic nitrogens is 2. The summed E-state index contributed by atoms with van der Waals surface area (Å²) in [6.45, 7) is 6.73. The van der Waals surface area contributed by atoms with Crippen LogP contribution in [-0.4, -0.2) is 45.1 Å². The van der Waals surface area contributed by atoms with Crippen molar-refractivity contribution < 1.29 is 19.2 Å².